The Bertz CT molecular complexity index is 1230. The fourth-order valence-corrected chi connectivity index (χ4v) is 5.96. The molecule has 0 saturated carbocycles. The van der Waals surface area contributed by atoms with Crippen LogP contribution in [-0.2, 0) is 30.6 Å². The number of hydrogen-bond donors (Lipinski definition) is 0. The fourth-order valence-electron chi connectivity index (χ4n) is 3.56. The van der Waals surface area contributed by atoms with Crippen molar-refractivity contribution in [2.75, 3.05) is 20.0 Å². The van der Waals surface area contributed by atoms with Gasteiger partial charge in [-0.1, -0.05) is 6.07 Å². The van der Waals surface area contributed by atoms with Crippen molar-refractivity contribution in [2.24, 2.45) is 0 Å². The summed E-state index contributed by atoms with van der Waals surface area (Å²) in [5.41, 5.74) is -0.837. The average molecular weight is 494 g/mol. The van der Waals surface area contributed by atoms with Gasteiger partial charge in [0, 0.05) is 25.1 Å². The van der Waals surface area contributed by atoms with Crippen molar-refractivity contribution in [1.82, 2.24) is 4.98 Å². The topological polar surface area (TPSA) is 99.6 Å². The maximum atomic E-state index is 13.4. The Morgan fingerprint density at radius 1 is 1.16 bits per heavy atom. The van der Waals surface area contributed by atoms with Gasteiger partial charge in [-0.15, -0.1) is 0 Å². The molecule has 1 aromatic carbocycles. The number of sulfone groups is 2. The summed E-state index contributed by atoms with van der Waals surface area (Å²) < 4.78 is 99.1. The highest BCUT2D eigenvalue weighted by Crippen LogP contribution is 2.44. The second kappa shape index (κ2) is 8.31. The van der Waals surface area contributed by atoms with Crippen molar-refractivity contribution >= 4 is 19.7 Å². The largest absolute Gasteiger partial charge is 0.495 e. The second-order valence-corrected chi connectivity index (χ2v) is 12.3. The number of hydrogen-bond acceptors (Lipinski definition) is 7. The molecule has 12 heteroatoms. The lowest BCUT2D eigenvalue weighted by molar-refractivity contribution is -0.137. The van der Waals surface area contributed by atoms with Gasteiger partial charge in [-0.2, -0.15) is 13.2 Å². The third-order valence-electron chi connectivity index (χ3n) is 5.50. The van der Waals surface area contributed by atoms with Crippen molar-refractivity contribution < 1.29 is 39.5 Å². The van der Waals surface area contributed by atoms with Gasteiger partial charge in [0.15, 0.2) is 19.7 Å². The van der Waals surface area contributed by atoms with Crippen LogP contribution in [0.25, 0.3) is 0 Å². The summed E-state index contributed by atoms with van der Waals surface area (Å²) in [6, 6.07) is 4.91. The van der Waals surface area contributed by atoms with E-state index in [4.69, 9.17) is 9.47 Å². The summed E-state index contributed by atoms with van der Waals surface area (Å²) in [6.07, 6.45) is -3.44. The molecule has 0 bridgehead atoms. The van der Waals surface area contributed by atoms with Crippen molar-refractivity contribution in [1.29, 1.82) is 0 Å². The Hall–Kier alpha value is -2.18. The maximum absolute atomic E-state index is 13.4. The van der Waals surface area contributed by atoms with Gasteiger partial charge in [-0.05, 0) is 38.0 Å². The molecule has 32 heavy (non-hydrogen) atoms. The second-order valence-electron chi connectivity index (χ2n) is 7.82. The van der Waals surface area contributed by atoms with Crippen LogP contribution >= 0.6 is 0 Å². The first kappa shape index (κ1) is 24.5. The summed E-state index contributed by atoms with van der Waals surface area (Å²) >= 11 is 0. The number of halogens is 3. The van der Waals surface area contributed by atoms with E-state index in [0.29, 0.717) is 6.07 Å². The Kier molecular flexibility index (Phi) is 6.35. The first-order valence-electron chi connectivity index (χ1n) is 9.46. The molecular formula is C20H22F3NO6S2. The van der Waals surface area contributed by atoms with Crippen LogP contribution in [0.2, 0.25) is 0 Å². The highest BCUT2D eigenvalue weighted by atomic mass is 32.2. The molecule has 1 saturated heterocycles. The van der Waals surface area contributed by atoms with Crippen LogP contribution in [0.1, 0.15) is 37.1 Å². The van der Waals surface area contributed by atoms with E-state index in [0.717, 1.165) is 30.7 Å². The smallest absolute Gasteiger partial charge is 0.416 e. The number of methoxy groups -OCH3 is 1. The van der Waals surface area contributed by atoms with Gasteiger partial charge >= 0.3 is 6.18 Å². The molecule has 1 aromatic heterocycles. The van der Waals surface area contributed by atoms with Crippen LogP contribution < -0.4 is 4.74 Å². The van der Waals surface area contributed by atoms with Crippen LogP contribution in [0.5, 0.6) is 5.75 Å². The summed E-state index contributed by atoms with van der Waals surface area (Å²) in [4.78, 5) is 3.63. The quantitative estimate of drug-likeness (QED) is 0.628. The molecule has 3 rings (SSSR count). The third-order valence-corrected chi connectivity index (χ3v) is 9.12. The first-order chi connectivity index (χ1) is 14.7. The van der Waals surface area contributed by atoms with Gasteiger partial charge in [0.1, 0.15) is 17.5 Å². The number of nitrogens with zero attached hydrogens (tertiary/aromatic N) is 1. The van der Waals surface area contributed by atoms with Gasteiger partial charge < -0.3 is 9.47 Å². The maximum Gasteiger partial charge on any atom is 0.416 e. The normalized spacial score (nSPS) is 22.5. The van der Waals surface area contributed by atoms with Crippen LogP contribution in [0.15, 0.2) is 46.3 Å². The lowest BCUT2D eigenvalue weighted by atomic mass is 9.94. The molecule has 1 fully saturated rings. The molecule has 1 aliphatic rings. The molecule has 0 N–H and O–H groups in total. The van der Waals surface area contributed by atoms with E-state index in [2.05, 4.69) is 4.98 Å². The molecule has 0 aliphatic carbocycles. The molecule has 7 nitrogen and oxygen atoms in total. The monoisotopic (exact) mass is 493 g/mol. The van der Waals surface area contributed by atoms with Gasteiger partial charge in [0.2, 0.25) is 0 Å². The van der Waals surface area contributed by atoms with Crippen molar-refractivity contribution in [3.05, 3.63) is 47.8 Å². The molecule has 0 amide bonds. The zero-order valence-electron chi connectivity index (χ0n) is 17.5. The summed E-state index contributed by atoms with van der Waals surface area (Å²) in [5, 5.41) is 0. The van der Waals surface area contributed by atoms with E-state index in [1.165, 1.54) is 20.1 Å². The third kappa shape index (κ3) is 4.62. The summed E-state index contributed by atoms with van der Waals surface area (Å²) in [5.74, 6) is 0.110. The number of pyridine rings is 1. The summed E-state index contributed by atoms with van der Waals surface area (Å²) in [7, 11) is -6.42. The summed E-state index contributed by atoms with van der Waals surface area (Å²) in [6.45, 7) is 1.47. The first-order valence-corrected chi connectivity index (χ1v) is 12.8. The molecule has 0 spiro atoms. The minimum Gasteiger partial charge on any atom is -0.495 e. The standard InChI is InChI=1S/C20H22F3NO6S2/c1-19(32(27,28)14-6-4-5-13(9-14)20(21,22)23)7-8-30-17(11-19)18-16(29-2)10-15(12-24-18)31(3,25)26/h4-6,9-10,12,17H,7-8,11H2,1-3H3. The molecule has 1 aliphatic heterocycles. The van der Waals surface area contributed by atoms with Crippen LogP contribution in [0.4, 0.5) is 13.2 Å². The number of alkyl halides is 3. The fraction of sp³-hybridized carbons (Fsp3) is 0.450. The van der Waals surface area contributed by atoms with Gasteiger partial charge in [0.25, 0.3) is 0 Å². The highest BCUT2D eigenvalue weighted by molar-refractivity contribution is 7.92. The lowest BCUT2D eigenvalue weighted by Crippen LogP contribution is -2.42. The molecule has 0 radical (unpaired) electrons. The highest BCUT2D eigenvalue weighted by Gasteiger charge is 2.46. The zero-order valence-corrected chi connectivity index (χ0v) is 19.1. The van der Waals surface area contributed by atoms with Gasteiger partial charge in [-0.3, -0.25) is 4.98 Å². The van der Waals surface area contributed by atoms with E-state index in [-0.39, 0.29) is 35.8 Å². The molecule has 2 heterocycles. The zero-order chi connectivity index (χ0) is 23.9. The Morgan fingerprint density at radius 2 is 1.84 bits per heavy atom. The van der Waals surface area contributed by atoms with Crippen LogP contribution in [-0.4, -0.2) is 46.5 Å². The Labute approximate surface area is 184 Å². The molecule has 2 unspecified atom stereocenters. The average Bonchev–Trinajstić information content (AvgIpc) is 2.72. The van der Waals surface area contributed by atoms with Crippen molar-refractivity contribution in [3.8, 4) is 5.75 Å². The number of benzene rings is 1. The molecule has 2 atom stereocenters. The predicted octanol–water partition coefficient (Wildman–Crippen LogP) is 3.60. The van der Waals surface area contributed by atoms with E-state index < -0.39 is 47.2 Å². The predicted molar refractivity (Wildman–Crippen MR) is 109 cm³/mol. The van der Waals surface area contributed by atoms with Crippen molar-refractivity contribution in [2.45, 2.75) is 46.6 Å². The SMILES string of the molecule is COc1cc(S(C)(=O)=O)cnc1C1CC(C)(S(=O)(=O)c2cccc(C(F)(F)F)c2)CCO1. The van der Waals surface area contributed by atoms with E-state index >= 15 is 0 Å². The molecule has 176 valence electrons. The minimum atomic E-state index is -4.68. The van der Waals surface area contributed by atoms with Crippen molar-refractivity contribution in [3.63, 3.8) is 0 Å². The van der Waals surface area contributed by atoms with Crippen LogP contribution in [0.3, 0.4) is 0 Å². The Morgan fingerprint density at radius 3 is 2.44 bits per heavy atom. The van der Waals surface area contributed by atoms with E-state index in [1.807, 2.05) is 0 Å². The minimum absolute atomic E-state index is 0.0119. The van der Waals surface area contributed by atoms with E-state index in [1.54, 1.807) is 0 Å². The number of aromatic nitrogens is 1. The number of ether oxygens (including phenoxy) is 2. The molecular weight excluding hydrogens is 471 g/mol. The Balaban J connectivity index is 1.99. The van der Waals surface area contributed by atoms with Crippen LogP contribution in [0, 0.1) is 0 Å². The van der Waals surface area contributed by atoms with Gasteiger partial charge in [-0.25, -0.2) is 16.8 Å². The van der Waals surface area contributed by atoms with Gasteiger partial charge in [0.05, 0.1) is 27.2 Å². The molecule has 2 aromatic rings. The number of rotatable bonds is 5. The van der Waals surface area contributed by atoms with E-state index in [9.17, 15) is 30.0 Å². The lowest BCUT2D eigenvalue weighted by Gasteiger charge is -2.37.